The van der Waals surface area contributed by atoms with E-state index in [0.717, 1.165) is 0 Å². The predicted molar refractivity (Wildman–Crippen MR) is 61.7 cm³/mol. The molecule has 0 aromatic rings. The standard InChI is InChI=1S/C14H16/c1-2-3-7-12-8-4-5-9-13-10-6-11-14(12)13/h4-6,8-11H,2-3,7H2,1H3. The van der Waals surface area contributed by atoms with Gasteiger partial charge in [0.2, 0.25) is 0 Å². The van der Waals surface area contributed by atoms with Gasteiger partial charge in [-0.25, -0.2) is 0 Å². The summed E-state index contributed by atoms with van der Waals surface area (Å²) in [5.41, 5.74) is 4.27. The number of hydrogen-bond acceptors (Lipinski definition) is 0. The number of fused-ring (bicyclic) bond motifs is 1. The van der Waals surface area contributed by atoms with Crippen LogP contribution >= 0.6 is 0 Å². The highest BCUT2D eigenvalue weighted by atomic mass is 14.1. The van der Waals surface area contributed by atoms with Gasteiger partial charge in [0.15, 0.2) is 0 Å². The topological polar surface area (TPSA) is 0 Å². The second-order valence-electron chi connectivity index (χ2n) is 3.74. The van der Waals surface area contributed by atoms with Crippen LogP contribution in [0.2, 0.25) is 0 Å². The molecule has 0 saturated heterocycles. The molecule has 0 aromatic heterocycles. The van der Waals surface area contributed by atoms with E-state index in [9.17, 15) is 0 Å². The Bertz CT molecular complexity index is 376. The Morgan fingerprint density at radius 1 is 0.929 bits per heavy atom. The molecule has 0 aromatic carbocycles. The highest BCUT2D eigenvalue weighted by molar-refractivity contribution is 5.69. The minimum atomic E-state index is 1.20. The molecule has 0 N–H and O–H groups in total. The van der Waals surface area contributed by atoms with Crippen LogP contribution < -0.4 is 0 Å². The third kappa shape index (κ3) is 1.79. The summed E-state index contributed by atoms with van der Waals surface area (Å²) in [5, 5.41) is 0. The van der Waals surface area contributed by atoms with Crippen molar-refractivity contribution >= 4 is 0 Å². The first kappa shape index (κ1) is 9.26. The number of unbranched alkanes of at least 4 members (excludes halogenated alkanes) is 1. The predicted octanol–water partition coefficient (Wildman–Crippen LogP) is 4.13. The van der Waals surface area contributed by atoms with E-state index in [4.69, 9.17) is 0 Å². The Morgan fingerprint density at radius 2 is 1.71 bits per heavy atom. The van der Waals surface area contributed by atoms with Crippen LogP contribution in [-0.4, -0.2) is 0 Å². The maximum atomic E-state index is 2.25. The average molecular weight is 184 g/mol. The Kier molecular flexibility index (Phi) is 2.83. The molecule has 0 atom stereocenters. The smallest absolute Gasteiger partial charge is 0.0152 e. The van der Waals surface area contributed by atoms with Gasteiger partial charge in [-0.3, -0.25) is 0 Å². The zero-order valence-corrected chi connectivity index (χ0v) is 8.66. The van der Waals surface area contributed by atoms with Crippen molar-refractivity contribution in [3.63, 3.8) is 0 Å². The Balaban J connectivity index is 2.37. The number of hydrogen-bond donors (Lipinski definition) is 0. The van der Waals surface area contributed by atoms with Gasteiger partial charge in [0.1, 0.15) is 0 Å². The Labute approximate surface area is 85.9 Å². The molecule has 14 heavy (non-hydrogen) atoms. The van der Waals surface area contributed by atoms with Crippen LogP contribution in [0.5, 0.6) is 0 Å². The lowest BCUT2D eigenvalue weighted by molar-refractivity contribution is 0.797. The summed E-state index contributed by atoms with van der Waals surface area (Å²) in [5.74, 6) is 0. The molecule has 2 aliphatic rings. The minimum Gasteiger partial charge on any atom is -0.0654 e. The van der Waals surface area contributed by atoms with Crippen molar-refractivity contribution in [2.75, 3.05) is 0 Å². The van der Waals surface area contributed by atoms with Gasteiger partial charge in [0, 0.05) is 0 Å². The highest BCUT2D eigenvalue weighted by Gasteiger charge is 2.04. The first-order valence-electron chi connectivity index (χ1n) is 5.38. The highest BCUT2D eigenvalue weighted by Crippen LogP contribution is 2.26. The van der Waals surface area contributed by atoms with E-state index >= 15 is 0 Å². The Morgan fingerprint density at radius 3 is 2.57 bits per heavy atom. The van der Waals surface area contributed by atoms with Crippen molar-refractivity contribution in [3.05, 3.63) is 48.0 Å². The van der Waals surface area contributed by atoms with Crippen molar-refractivity contribution in [1.29, 1.82) is 0 Å². The van der Waals surface area contributed by atoms with Gasteiger partial charge in [-0.05, 0) is 29.5 Å². The Hall–Kier alpha value is -1.30. The largest absolute Gasteiger partial charge is 0.0654 e. The second-order valence-corrected chi connectivity index (χ2v) is 3.74. The van der Waals surface area contributed by atoms with Gasteiger partial charge in [-0.2, -0.15) is 0 Å². The molecule has 0 nitrogen and oxygen atoms in total. The van der Waals surface area contributed by atoms with Gasteiger partial charge in [0.25, 0.3) is 0 Å². The molecule has 0 saturated carbocycles. The SMILES string of the molecule is CCCCc1ccccc2cccc1-2. The summed E-state index contributed by atoms with van der Waals surface area (Å²) in [6.45, 7) is 2.24. The van der Waals surface area contributed by atoms with E-state index in [1.807, 2.05) is 0 Å². The fraction of sp³-hybridized carbons (Fsp3) is 0.286. The third-order valence-electron chi connectivity index (χ3n) is 2.68. The fourth-order valence-electron chi connectivity index (χ4n) is 1.88. The maximum absolute atomic E-state index is 2.25. The van der Waals surface area contributed by atoms with Crippen LogP contribution in [-0.2, 0) is 6.42 Å². The maximum Gasteiger partial charge on any atom is -0.0152 e. The van der Waals surface area contributed by atoms with E-state index in [1.54, 1.807) is 0 Å². The lowest BCUT2D eigenvalue weighted by Gasteiger charge is -2.02. The average Bonchev–Trinajstić information content (AvgIpc) is 2.58. The van der Waals surface area contributed by atoms with Crippen LogP contribution in [0.25, 0.3) is 11.1 Å². The lowest BCUT2D eigenvalue weighted by Crippen LogP contribution is -1.84. The monoisotopic (exact) mass is 184 g/mol. The van der Waals surface area contributed by atoms with E-state index in [1.165, 1.54) is 36.0 Å². The lowest BCUT2D eigenvalue weighted by atomic mass is 10.0. The molecule has 72 valence electrons. The van der Waals surface area contributed by atoms with E-state index < -0.39 is 0 Å². The van der Waals surface area contributed by atoms with Gasteiger partial charge < -0.3 is 0 Å². The van der Waals surface area contributed by atoms with E-state index in [2.05, 4.69) is 49.4 Å². The van der Waals surface area contributed by atoms with Crippen LogP contribution in [0.15, 0.2) is 42.5 Å². The molecule has 2 rings (SSSR count). The molecule has 0 heteroatoms. The zero-order valence-electron chi connectivity index (χ0n) is 8.66. The molecule has 0 unspecified atom stereocenters. The van der Waals surface area contributed by atoms with Gasteiger partial charge in [-0.15, -0.1) is 0 Å². The normalized spacial score (nSPS) is 10.6. The molecule has 0 fully saturated rings. The number of aryl methyl sites for hydroxylation is 1. The van der Waals surface area contributed by atoms with Gasteiger partial charge in [-0.1, -0.05) is 55.8 Å². The van der Waals surface area contributed by atoms with E-state index in [0.29, 0.717) is 0 Å². The summed E-state index contributed by atoms with van der Waals surface area (Å²) in [7, 11) is 0. The molecule has 0 radical (unpaired) electrons. The van der Waals surface area contributed by atoms with Crippen molar-refractivity contribution in [2.24, 2.45) is 0 Å². The quantitative estimate of drug-likeness (QED) is 0.672. The fourth-order valence-corrected chi connectivity index (χ4v) is 1.88. The van der Waals surface area contributed by atoms with Crippen LogP contribution in [0.1, 0.15) is 25.3 Å². The van der Waals surface area contributed by atoms with Crippen molar-refractivity contribution < 1.29 is 0 Å². The minimum absolute atomic E-state index is 1.20. The first-order chi connectivity index (χ1) is 6.92. The molecule has 0 spiro atoms. The molecule has 0 heterocycles. The second kappa shape index (κ2) is 4.28. The molecule has 0 amide bonds. The summed E-state index contributed by atoms with van der Waals surface area (Å²) in [6, 6.07) is 15.2. The molecule has 0 bridgehead atoms. The zero-order chi connectivity index (χ0) is 9.80. The molecule has 2 aliphatic carbocycles. The summed E-state index contributed by atoms with van der Waals surface area (Å²) in [4.78, 5) is 0. The summed E-state index contributed by atoms with van der Waals surface area (Å²) < 4.78 is 0. The van der Waals surface area contributed by atoms with Crippen molar-refractivity contribution in [2.45, 2.75) is 26.2 Å². The molecule has 0 aliphatic heterocycles. The van der Waals surface area contributed by atoms with Crippen LogP contribution in [0, 0.1) is 0 Å². The number of rotatable bonds is 3. The first-order valence-corrected chi connectivity index (χ1v) is 5.38. The molecular weight excluding hydrogens is 168 g/mol. The summed E-state index contributed by atoms with van der Waals surface area (Å²) in [6.07, 6.45) is 3.75. The summed E-state index contributed by atoms with van der Waals surface area (Å²) >= 11 is 0. The van der Waals surface area contributed by atoms with Crippen LogP contribution in [0.4, 0.5) is 0 Å². The van der Waals surface area contributed by atoms with Gasteiger partial charge >= 0.3 is 0 Å². The third-order valence-corrected chi connectivity index (χ3v) is 2.68. The van der Waals surface area contributed by atoms with Crippen LogP contribution in [0.3, 0.4) is 0 Å². The van der Waals surface area contributed by atoms with Crippen molar-refractivity contribution in [1.82, 2.24) is 0 Å². The van der Waals surface area contributed by atoms with E-state index in [-0.39, 0.29) is 0 Å². The molecular formula is C14H16. The van der Waals surface area contributed by atoms with Gasteiger partial charge in [0.05, 0.1) is 0 Å². The van der Waals surface area contributed by atoms with Crippen molar-refractivity contribution in [3.8, 4) is 11.1 Å².